The number of Topliss-reactive ketones (excluding diaryl/α,β-unsaturated/α-hetero) is 1. The fraction of sp³-hybridized carbons (Fsp3) is 0.333. The third-order valence-electron chi connectivity index (χ3n) is 2.98. The number of ketones is 1. The number of amides is 1. The van der Waals surface area contributed by atoms with Crippen LogP contribution in [0.25, 0.3) is 0 Å². The molecule has 0 radical (unpaired) electrons. The highest BCUT2D eigenvalue weighted by molar-refractivity contribution is 6.33. The maximum absolute atomic E-state index is 12.0. The molecule has 1 unspecified atom stereocenters. The summed E-state index contributed by atoms with van der Waals surface area (Å²) in [4.78, 5) is 25.5. The minimum Gasteiger partial charge on any atom is -0.482 e. The number of halogens is 1. The molecule has 20 heavy (non-hydrogen) atoms. The van der Waals surface area contributed by atoms with Gasteiger partial charge in [0.15, 0.2) is 12.4 Å². The molecule has 0 spiro atoms. The Morgan fingerprint density at radius 1 is 1.55 bits per heavy atom. The molecule has 0 fully saturated rings. The second-order valence-electron chi connectivity index (χ2n) is 4.89. The predicted molar refractivity (Wildman–Crippen MR) is 78.7 cm³/mol. The Morgan fingerprint density at radius 2 is 2.25 bits per heavy atom. The quantitative estimate of drug-likeness (QED) is 0.487. The molecule has 1 aliphatic rings. The van der Waals surface area contributed by atoms with E-state index in [1.165, 1.54) is 0 Å². The molecule has 1 amide bonds. The van der Waals surface area contributed by atoms with Gasteiger partial charge in [-0.1, -0.05) is 12.2 Å². The Balaban J connectivity index is 2.43. The van der Waals surface area contributed by atoms with E-state index in [0.29, 0.717) is 23.5 Å². The van der Waals surface area contributed by atoms with E-state index in [4.69, 9.17) is 16.3 Å². The van der Waals surface area contributed by atoms with E-state index in [9.17, 15) is 9.59 Å². The second kappa shape index (κ2) is 5.67. The van der Waals surface area contributed by atoms with Gasteiger partial charge in [-0.25, -0.2) is 0 Å². The third-order valence-corrected chi connectivity index (χ3v) is 3.17. The fourth-order valence-electron chi connectivity index (χ4n) is 2.03. The summed E-state index contributed by atoms with van der Waals surface area (Å²) in [6.07, 6.45) is 0. The van der Waals surface area contributed by atoms with Crippen LogP contribution in [-0.2, 0) is 4.79 Å². The predicted octanol–water partition coefficient (Wildman–Crippen LogP) is 2.80. The van der Waals surface area contributed by atoms with Crippen LogP contribution in [0, 0.1) is 0 Å². The summed E-state index contributed by atoms with van der Waals surface area (Å²) < 4.78 is 5.38. The molecule has 0 saturated heterocycles. The van der Waals surface area contributed by atoms with Crippen LogP contribution < -0.4 is 9.64 Å². The Kier molecular flexibility index (Phi) is 4.14. The fourth-order valence-corrected chi connectivity index (χ4v) is 2.15. The van der Waals surface area contributed by atoms with Crippen molar-refractivity contribution < 1.29 is 14.3 Å². The number of nitrogens with zero attached hydrogens (tertiary/aromatic N) is 1. The zero-order valence-electron chi connectivity index (χ0n) is 11.5. The summed E-state index contributed by atoms with van der Waals surface area (Å²) in [7, 11) is 0. The average molecular weight is 294 g/mol. The van der Waals surface area contributed by atoms with Gasteiger partial charge >= 0.3 is 0 Å². The van der Waals surface area contributed by atoms with Gasteiger partial charge in [0.1, 0.15) is 5.75 Å². The number of carbonyl (C=O) groups is 2. The average Bonchev–Trinajstić information content (AvgIpc) is 2.40. The molecule has 0 saturated carbocycles. The van der Waals surface area contributed by atoms with Crippen molar-refractivity contribution in [3.8, 4) is 5.75 Å². The van der Waals surface area contributed by atoms with Gasteiger partial charge in [-0.2, -0.15) is 0 Å². The summed E-state index contributed by atoms with van der Waals surface area (Å²) in [5, 5.41) is -0.608. The molecule has 0 aliphatic carbocycles. The number of fused-ring (bicyclic) bond motifs is 1. The summed E-state index contributed by atoms with van der Waals surface area (Å²) in [5.74, 6) is 0.261. The lowest BCUT2D eigenvalue weighted by atomic mass is 10.1. The van der Waals surface area contributed by atoms with Crippen molar-refractivity contribution in [2.75, 3.05) is 18.1 Å². The Bertz CT molecular complexity index is 580. The van der Waals surface area contributed by atoms with Crippen LogP contribution in [0.3, 0.4) is 0 Å². The molecule has 1 aromatic rings. The number of hydrogen-bond donors (Lipinski definition) is 0. The van der Waals surface area contributed by atoms with E-state index in [2.05, 4.69) is 6.58 Å². The molecule has 0 aromatic heterocycles. The summed E-state index contributed by atoms with van der Waals surface area (Å²) in [6, 6.07) is 5.00. The highest BCUT2D eigenvalue weighted by Gasteiger charge is 2.26. The smallest absolute Gasteiger partial charge is 0.265 e. The monoisotopic (exact) mass is 293 g/mol. The Hall–Kier alpha value is -1.81. The van der Waals surface area contributed by atoms with Crippen molar-refractivity contribution in [3.63, 3.8) is 0 Å². The van der Waals surface area contributed by atoms with E-state index < -0.39 is 5.38 Å². The molecular formula is C15H16ClNO3. The van der Waals surface area contributed by atoms with Gasteiger partial charge in [0, 0.05) is 12.1 Å². The van der Waals surface area contributed by atoms with E-state index in [1.54, 1.807) is 30.0 Å². The molecule has 1 aliphatic heterocycles. The lowest BCUT2D eigenvalue weighted by Crippen LogP contribution is -2.39. The number of alkyl halides is 1. The Morgan fingerprint density at radius 3 is 2.85 bits per heavy atom. The van der Waals surface area contributed by atoms with Crippen LogP contribution in [0.1, 0.15) is 24.2 Å². The van der Waals surface area contributed by atoms with Gasteiger partial charge in [0.25, 0.3) is 5.91 Å². The normalized spacial score (nSPS) is 15.3. The minimum atomic E-state index is -0.608. The van der Waals surface area contributed by atoms with Crippen LogP contribution in [0.4, 0.5) is 5.69 Å². The van der Waals surface area contributed by atoms with Crippen molar-refractivity contribution in [3.05, 3.63) is 35.9 Å². The summed E-state index contributed by atoms with van der Waals surface area (Å²) in [5.41, 5.74) is 1.91. The summed E-state index contributed by atoms with van der Waals surface area (Å²) >= 11 is 5.82. The molecule has 106 valence electrons. The molecule has 1 atom stereocenters. The minimum absolute atomic E-state index is 0.000514. The van der Waals surface area contributed by atoms with E-state index >= 15 is 0 Å². The molecule has 4 nitrogen and oxygen atoms in total. The molecule has 0 N–H and O–H groups in total. The first-order valence-corrected chi connectivity index (χ1v) is 6.73. The number of hydrogen-bond acceptors (Lipinski definition) is 3. The zero-order valence-corrected chi connectivity index (χ0v) is 12.2. The first kappa shape index (κ1) is 14.6. The van der Waals surface area contributed by atoms with Crippen LogP contribution in [0.15, 0.2) is 30.4 Å². The maximum Gasteiger partial charge on any atom is 0.265 e. The topological polar surface area (TPSA) is 46.6 Å². The van der Waals surface area contributed by atoms with Crippen molar-refractivity contribution in [2.45, 2.75) is 19.2 Å². The molecule has 0 bridgehead atoms. The molecule has 5 heteroatoms. The number of carbonyl (C=O) groups excluding carboxylic acids is 2. The van der Waals surface area contributed by atoms with Crippen LogP contribution in [-0.4, -0.2) is 30.2 Å². The highest BCUT2D eigenvalue weighted by atomic mass is 35.5. The number of rotatable bonds is 4. The van der Waals surface area contributed by atoms with Crippen molar-refractivity contribution in [2.24, 2.45) is 0 Å². The molecule has 1 heterocycles. The molecule has 2 rings (SSSR count). The number of benzene rings is 1. The van der Waals surface area contributed by atoms with Crippen molar-refractivity contribution in [1.82, 2.24) is 0 Å². The van der Waals surface area contributed by atoms with Gasteiger partial charge in [-0.05, 0) is 32.0 Å². The van der Waals surface area contributed by atoms with E-state index in [1.807, 2.05) is 6.92 Å². The van der Waals surface area contributed by atoms with Crippen LogP contribution in [0.2, 0.25) is 0 Å². The van der Waals surface area contributed by atoms with Crippen molar-refractivity contribution >= 4 is 29.0 Å². The lowest BCUT2D eigenvalue weighted by molar-refractivity contribution is -0.121. The van der Waals surface area contributed by atoms with Gasteiger partial charge in [-0.3, -0.25) is 9.59 Å². The maximum atomic E-state index is 12.0. The SMILES string of the molecule is C=C(C)CN1C(=O)COc2ccc(C(=O)C(C)Cl)cc21. The van der Waals surface area contributed by atoms with E-state index in [-0.39, 0.29) is 18.3 Å². The van der Waals surface area contributed by atoms with Gasteiger partial charge in [0.2, 0.25) is 0 Å². The largest absolute Gasteiger partial charge is 0.482 e. The first-order chi connectivity index (χ1) is 9.40. The lowest BCUT2D eigenvalue weighted by Gasteiger charge is -2.30. The standard InChI is InChI=1S/C15H16ClNO3/c1-9(2)7-17-12-6-11(15(19)10(3)16)4-5-13(12)20-8-14(17)18/h4-6,10H,1,7-8H2,2-3H3. The van der Waals surface area contributed by atoms with Gasteiger partial charge in [0.05, 0.1) is 11.1 Å². The second-order valence-corrected chi connectivity index (χ2v) is 5.54. The first-order valence-electron chi connectivity index (χ1n) is 6.30. The number of anilines is 1. The number of ether oxygens (including phenoxy) is 1. The van der Waals surface area contributed by atoms with Gasteiger partial charge in [-0.15, -0.1) is 11.6 Å². The van der Waals surface area contributed by atoms with Crippen LogP contribution in [0.5, 0.6) is 5.75 Å². The highest BCUT2D eigenvalue weighted by Crippen LogP contribution is 2.33. The molecular weight excluding hydrogens is 278 g/mol. The van der Waals surface area contributed by atoms with Crippen LogP contribution >= 0.6 is 11.6 Å². The van der Waals surface area contributed by atoms with Gasteiger partial charge < -0.3 is 9.64 Å². The van der Waals surface area contributed by atoms with E-state index in [0.717, 1.165) is 5.57 Å². The zero-order chi connectivity index (χ0) is 14.9. The Labute approximate surface area is 123 Å². The van der Waals surface area contributed by atoms with Crippen molar-refractivity contribution in [1.29, 1.82) is 0 Å². The third kappa shape index (κ3) is 2.85. The molecule has 1 aromatic carbocycles. The summed E-state index contributed by atoms with van der Waals surface area (Å²) in [6.45, 7) is 7.69.